The molecule has 0 spiro atoms. The number of fused-ring (bicyclic) bond motifs is 1. The van der Waals surface area contributed by atoms with E-state index in [1.165, 1.54) is 0 Å². The average molecular weight is 309 g/mol. The van der Waals surface area contributed by atoms with Gasteiger partial charge in [-0.15, -0.1) is 0 Å². The molecule has 0 saturated heterocycles. The lowest BCUT2D eigenvalue weighted by molar-refractivity contribution is -0.136. The molecule has 1 aromatic heterocycles. The number of carboxylic acids is 1. The van der Waals surface area contributed by atoms with E-state index < -0.39 is 11.6 Å². The molecule has 0 aromatic carbocycles. The number of rotatable bonds is 3. The Kier molecular flexibility index (Phi) is 4.73. The fraction of sp³-hybridized carbons (Fsp3) is 0.667. The van der Waals surface area contributed by atoms with E-state index in [0.717, 1.165) is 24.4 Å². The van der Waals surface area contributed by atoms with E-state index in [1.54, 1.807) is 4.90 Å². The molecule has 22 heavy (non-hydrogen) atoms. The van der Waals surface area contributed by atoms with Gasteiger partial charge in [0.1, 0.15) is 5.60 Å². The zero-order valence-corrected chi connectivity index (χ0v) is 13.3. The van der Waals surface area contributed by atoms with Crippen molar-refractivity contribution in [1.82, 2.24) is 14.7 Å². The lowest BCUT2D eigenvalue weighted by Crippen LogP contribution is -2.36. The van der Waals surface area contributed by atoms with Gasteiger partial charge in [-0.3, -0.25) is 9.48 Å². The van der Waals surface area contributed by atoms with Gasteiger partial charge in [0, 0.05) is 19.5 Å². The first-order valence-electron chi connectivity index (χ1n) is 7.50. The number of hydrogen-bond acceptors (Lipinski definition) is 4. The number of carbonyl (C=O) groups is 2. The maximum absolute atomic E-state index is 12.2. The van der Waals surface area contributed by atoms with Crippen molar-refractivity contribution in [1.29, 1.82) is 0 Å². The highest BCUT2D eigenvalue weighted by atomic mass is 16.6. The molecule has 0 bridgehead atoms. The highest BCUT2D eigenvalue weighted by Crippen LogP contribution is 2.17. The highest BCUT2D eigenvalue weighted by molar-refractivity contribution is 5.68. The van der Waals surface area contributed by atoms with E-state index in [4.69, 9.17) is 9.84 Å². The van der Waals surface area contributed by atoms with Crippen LogP contribution in [-0.4, -0.2) is 44.0 Å². The van der Waals surface area contributed by atoms with Gasteiger partial charge in [-0.2, -0.15) is 5.10 Å². The Morgan fingerprint density at radius 1 is 1.36 bits per heavy atom. The number of carboxylic acid groups (broad SMARTS) is 1. The van der Waals surface area contributed by atoms with Crippen LogP contribution in [0.3, 0.4) is 0 Å². The summed E-state index contributed by atoms with van der Waals surface area (Å²) < 4.78 is 7.28. The molecule has 0 saturated carbocycles. The molecule has 2 heterocycles. The molecular weight excluding hydrogens is 286 g/mol. The van der Waals surface area contributed by atoms with Crippen molar-refractivity contribution in [2.75, 3.05) is 6.54 Å². The van der Waals surface area contributed by atoms with Crippen molar-refractivity contribution >= 4 is 12.1 Å². The van der Waals surface area contributed by atoms with E-state index >= 15 is 0 Å². The number of ether oxygens (including phenoxy) is 1. The minimum atomic E-state index is -0.835. The topological polar surface area (TPSA) is 84.7 Å². The number of hydrogen-bond donors (Lipinski definition) is 1. The number of aryl methyl sites for hydroxylation is 2. The molecule has 1 aliphatic rings. The van der Waals surface area contributed by atoms with Crippen molar-refractivity contribution < 1.29 is 19.4 Å². The fourth-order valence-electron chi connectivity index (χ4n) is 2.36. The Balaban J connectivity index is 2.06. The summed E-state index contributed by atoms with van der Waals surface area (Å²) in [4.78, 5) is 24.5. The summed E-state index contributed by atoms with van der Waals surface area (Å²) in [6.07, 6.45) is 0.939. The van der Waals surface area contributed by atoms with Crippen LogP contribution in [0.4, 0.5) is 4.79 Å². The Morgan fingerprint density at radius 2 is 2.09 bits per heavy atom. The van der Waals surface area contributed by atoms with Gasteiger partial charge in [0.25, 0.3) is 0 Å². The van der Waals surface area contributed by atoms with Crippen LogP contribution in [0.15, 0.2) is 6.07 Å². The van der Waals surface area contributed by atoms with Gasteiger partial charge in [0.05, 0.1) is 24.4 Å². The van der Waals surface area contributed by atoms with Crippen LogP contribution < -0.4 is 0 Å². The number of nitrogens with zero attached hydrogens (tertiary/aromatic N) is 3. The zero-order chi connectivity index (χ0) is 16.3. The summed E-state index contributed by atoms with van der Waals surface area (Å²) in [7, 11) is 0. The van der Waals surface area contributed by atoms with Gasteiger partial charge < -0.3 is 14.7 Å². The van der Waals surface area contributed by atoms with Gasteiger partial charge in [-0.25, -0.2) is 4.79 Å². The SMILES string of the molecule is CC(C)(C)OC(=O)N1CCCn2nc(CCC(=O)O)cc2C1. The molecule has 2 rings (SSSR count). The standard InChI is InChI=1S/C15H23N3O4/c1-15(2,3)22-14(21)17-7-4-8-18-12(10-17)9-11(16-18)5-6-13(19)20/h9H,4-8,10H2,1-3H3,(H,19,20). The van der Waals surface area contributed by atoms with Gasteiger partial charge in [-0.1, -0.05) is 0 Å². The fourth-order valence-corrected chi connectivity index (χ4v) is 2.36. The molecule has 0 radical (unpaired) electrons. The zero-order valence-electron chi connectivity index (χ0n) is 13.3. The van der Waals surface area contributed by atoms with Gasteiger partial charge in [0.2, 0.25) is 0 Å². The number of carbonyl (C=O) groups excluding carboxylic acids is 1. The molecule has 1 aliphatic heterocycles. The minimum Gasteiger partial charge on any atom is -0.481 e. The van der Waals surface area contributed by atoms with Gasteiger partial charge >= 0.3 is 12.1 Å². The summed E-state index contributed by atoms with van der Waals surface area (Å²) in [5.74, 6) is -0.835. The quantitative estimate of drug-likeness (QED) is 0.923. The predicted molar refractivity (Wildman–Crippen MR) is 79.4 cm³/mol. The molecule has 1 aromatic rings. The molecule has 0 aliphatic carbocycles. The maximum Gasteiger partial charge on any atom is 0.410 e. The first-order chi connectivity index (χ1) is 10.2. The number of aromatic nitrogens is 2. The van der Waals surface area contributed by atoms with Crippen molar-refractivity contribution in [3.63, 3.8) is 0 Å². The molecular formula is C15H23N3O4. The third kappa shape index (κ3) is 4.47. The molecule has 0 atom stereocenters. The van der Waals surface area contributed by atoms with Gasteiger partial charge in [-0.05, 0) is 33.3 Å². The first-order valence-corrected chi connectivity index (χ1v) is 7.50. The van der Waals surface area contributed by atoms with Crippen LogP contribution in [0.5, 0.6) is 0 Å². The highest BCUT2D eigenvalue weighted by Gasteiger charge is 2.25. The first kappa shape index (κ1) is 16.3. The lowest BCUT2D eigenvalue weighted by Gasteiger charge is -2.26. The third-order valence-electron chi connectivity index (χ3n) is 3.31. The molecule has 0 unspecified atom stereocenters. The van der Waals surface area contributed by atoms with Crippen LogP contribution in [0.25, 0.3) is 0 Å². The predicted octanol–water partition coefficient (Wildman–Crippen LogP) is 2.04. The van der Waals surface area contributed by atoms with Crippen LogP contribution in [0.2, 0.25) is 0 Å². The largest absolute Gasteiger partial charge is 0.481 e. The van der Waals surface area contributed by atoms with Crippen LogP contribution in [0, 0.1) is 0 Å². The monoisotopic (exact) mass is 309 g/mol. The van der Waals surface area contributed by atoms with E-state index in [0.29, 0.717) is 19.5 Å². The van der Waals surface area contributed by atoms with Crippen molar-refractivity contribution in [3.8, 4) is 0 Å². The molecule has 0 fully saturated rings. The van der Waals surface area contributed by atoms with E-state index in [1.807, 2.05) is 31.5 Å². The summed E-state index contributed by atoms with van der Waals surface area (Å²) >= 11 is 0. The second-order valence-corrected chi connectivity index (χ2v) is 6.50. The maximum atomic E-state index is 12.2. The summed E-state index contributed by atoms with van der Waals surface area (Å²) in [5, 5.41) is 13.2. The third-order valence-corrected chi connectivity index (χ3v) is 3.31. The molecule has 122 valence electrons. The molecule has 7 heteroatoms. The van der Waals surface area contributed by atoms with Crippen LogP contribution in [-0.2, 0) is 29.0 Å². The normalized spacial score (nSPS) is 15.1. The second kappa shape index (κ2) is 6.37. The summed E-state index contributed by atoms with van der Waals surface area (Å²) in [6.45, 7) is 7.32. The number of amides is 1. The minimum absolute atomic E-state index is 0.0617. The van der Waals surface area contributed by atoms with Crippen LogP contribution in [0.1, 0.15) is 45.0 Å². The molecule has 1 N–H and O–H groups in total. The Morgan fingerprint density at radius 3 is 2.73 bits per heavy atom. The lowest BCUT2D eigenvalue weighted by atomic mass is 10.2. The summed E-state index contributed by atoms with van der Waals surface area (Å²) in [5.41, 5.74) is 1.16. The summed E-state index contributed by atoms with van der Waals surface area (Å²) in [6, 6.07) is 1.88. The van der Waals surface area contributed by atoms with Crippen molar-refractivity contribution in [2.45, 2.75) is 58.7 Å². The van der Waals surface area contributed by atoms with Gasteiger partial charge in [0.15, 0.2) is 0 Å². The molecule has 1 amide bonds. The Bertz CT molecular complexity index is 560. The van der Waals surface area contributed by atoms with Crippen molar-refractivity contribution in [2.24, 2.45) is 0 Å². The Labute approximate surface area is 129 Å². The van der Waals surface area contributed by atoms with Crippen molar-refractivity contribution in [3.05, 3.63) is 17.5 Å². The van der Waals surface area contributed by atoms with Crippen LogP contribution >= 0.6 is 0 Å². The smallest absolute Gasteiger partial charge is 0.410 e. The average Bonchev–Trinajstić information content (AvgIpc) is 2.65. The molecule has 7 nitrogen and oxygen atoms in total. The Hall–Kier alpha value is -2.05. The second-order valence-electron chi connectivity index (χ2n) is 6.50. The van der Waals surface area contributed by atoms with E-state index in [2.05, 4.69) is 5.10 Å². The number of aliphatic carboxylic acids is 1. The van der Waals surface area contributed by atoms with E-state index in [-0.39, 0.29) is 12.5 Å². The van der Waals surface area contributed by atoms with E-state index in [9.17, 15) is 9.59 Å².